The van der Waals surface area contributed by atoms with Crippen molar-refractivity contribution in [3.63, 3.8) is 0 Å². The molecule has 0 radical (unpaired) electrons. The van der Waals surface area contributed by atoms with Crippen LogP contribution < -0.4 is 0 Å². The molecular weight excluding hydrogens is 361 g/mol. The van der Waals surface area contributed by atoms with Crippen molar-refractivity contribution in [2.45, 2.75) is 6.92 Å². The number of amides is 2. The van der Waals surface area contributed by atoms with Crippen LogP contribution in [0.3, 0.4) is 0 Å². The summed E-state index contributed by atoms with van der Waals surface area (Å²) in [6.07, 6.45) is 1.43. The van der Waals surface area contributed by atoms with Crippen LogP contribution in [0.15, 0.2) is 45.7 Å². The lowest BCUT2D eigenvalue weighted by Crippen LogP contribution is -2.34. The van der Waals surface area contributed by atoms with E-state index in [1.54, 1.807) is 31.2 Å². The molecule has 1 aromatic carbocycles. The van der Waals surface area contributed by atoms with Crippen molar-refractivity contribution in [2.75, 3.05) is 13.2 Å². The Hall–Kier alpha value is -2.87. The molecule has 0 N–H and O–H groups in total. The highest BCUT2D eigenvalue weighted by Crippen LogP contribution is 2.33. The molecule has 0 spiro atoms. The summed E-state index contributed by atoms with van der Waals surface area (Å²) in [4.78, 5) is 36.7. The van der Waals surface area contributed by atoms with E-state index in [-0.39, 0.29) is 17.3 Å². The summed E-state index contributed by atoms with van der Waals surface area (Å²) in [5, 5.41) is -0.542. The molecule has 134 valence electrons. The van der Waals surface area contributed by atoms with E-state index in [1.165, 1.54) is 18.2 Å². The van der Waals surface area contributed by atoms with Gasteiger partial charge in [-0.15, -0.1) is 0 Å². The monoisotopic (exact) mass is 375 g/mol. The lowest BCUT2D eigenvalue weighted by molar-refractivity contribution is -0.145. The standard InChI is InChI=1S/C18H14FNO5S/c1-2-24-16(21)10-20-17(22)15(26-18(20)23)9-13-7-8-14(25-13)11-3-5-12(19)6-4-11/h3-9H,2,10H2,1H3/b15-9-. The van der Waals surface area contributed by atoms with Crippen LogP contribution in [0.4, 0.5) is 9.18 Å². The van der Waals surface area contributed by atoms with Crippen LogP contribution in [0, 0.1) is 5.82 Å². The van der Waals surface area contributed by atoms with Crippen LogP contribution in [0.25, 0.3) is 17.4 Å². The number of imide groups is 1. The van der Waals surface area contributed by atoms with Gasteiger partial charge in [-0.3, -0.25) is 19.3 Å². The number of esters is 1. The van der Waals surface area contributed by atoms with Crippen LogP contribution in [-0.4, -0.2) is 35.2 Å². The van der Waals surface area contributed by atoms with Crippen molar-refractivity contribution in [1.82, 2.24) is 4.90 Å². The smallest absolute Gasteiger partial charge is 0.326 e. The SMILES string of the molecule is CCOC(=O)CN1C(=O)S/C(=C\c2ccc(-c3ccc(F)cc3)o2)C1=O. The molecule has 1 fully saturated rings. The molecule has 0 atom stereocenters. The van der Waals surface area contributed by atoms with Crippen LogP contribution in [0.2, 0.25) is 0 Å². The van der Waals surface area contributed by atoms with Gasteiger partial charge in [-0.2, -0.15) is 0 Å². The highest BCUT2D eigenvalue weighted by Gasteiger charge is 2.36. The topological polar surface area (TPSA) is 76.8 Å². The summed E-state index contributed by atoms with van der Waals surface area (Å²) in [6.45, 7) is 1.39. The van der Waals surface area contributed by atoms with Gasteiger partial charge in [0.2, 0.25) is 0 Å². The lowest BCUT2D eigenvalue weighted by atomic mass is 10.2. The number of carbonyl (C=O) groups is 3. The predicted molar refractivity (Wildman–Crippen MR) is 93.4 cm³/mol. The maximum absolute atomic E-state index is 13.0. The lowest BCUT2D eigenvalue weighted by Gasteiger charge is -2.10. The molecule has 2 heterocycles. The minimum Gasteiger partial charge on any atom is -0.465 e. The Morgan fingerprint density at radius 2 is 1.96 bits per heavy atom. The van der Waals surface area contributed by atoms with Gasteiger partial charge in [0.05, 0.1) is 11.5 Å². The normalized spacial score (nSPS) is 15.8. The van der Waals surface area contributed by atoms with Gasteiger partial charge in [-0.1, -0.05) is 0 Å². The first-order valence-electron chi connectivity index (χ1n) is 7.74. The zero-order valence-corrected chi connectivity index (χ0v) is 14.5. The van der Waals surface area contributed by atoms with E-state index in [2.05, 4.69) is 0 Å². The highest BCUT2D eigenvalue weighted by atomic mass is 32.2. The van der Waals surface area contributed by atoms with Crippen LogP contribution in [0.5, 0.6) is 0 Å². The molecule has 0 aliphatic carbocycles. The van der Waals surface area contributed by atoms with Crippen molar-refractivity contribution < 1.29 is 27.9 Å². The Morgan fingerprint density at radius 1 is 1.23 bits per heavy atom. The number of carbonyl (C=O) groups excluding carboxylic acids is 3. The Kier molecular flexibility index (Phi) is 5.22. The molecule has 3 rings (SSSR count). The quantitative estimate of drug-likeness (QED) is 0.586. The second-order valence-corrected chi connectivity index (χ2v) is 6.27. The number of nitrogens with zero attached hydrogens (tertiary/aromatic N) is 1. The molecule has 2 aromatic rings. The van der Waals surface area contributed by atoms with E-state index >= 15 is 0 Å². The molecule has 1 saturated heterocycles. The van der Waals surface area contributed by atoms with Gasteiger partial charge in [-0.25, -0.2) is 4.39 Å². The number of ether oxygens (including phenoxy) is 1. The van der Waals surface area contributed by atoms with E-state index in [4.69, 9.17) is 9.15 Å². The van der Waals surface area contributed by atoms with Gasteiger partial charge in [-0.05, 0) is 55.1 Å². The maximum Gasteiger partial charge on any atom is 0.326 e. The zero-order chi connectivity index (χ0) is 18.7. The van der Waals surface area contributed by atoms with Crippen molar-refractivity contribution >= 4 is 35.0 Å². The van der Waals surface area contributed by atoms with E-state index in [0.717, 1.165) is 16.7 Å². The van der Waals surface area contributed by atoms with Gasteiger partial charge in [0, 0.05) is 11.6 Å². The van der Waals surface area contributed by atoms with Crippen LogP contribution in [0.1, 0.15) is 12.7 Å². The number of halogens is 1. The van der Waals surface area contributed by atoms with E-state index in [1.807, 2.05) is 0 Å². The molecule has 1 aliphatic heterocycles. The highest BCUT2D eigenvalue weighted by molar-refractivity contribution is 8.18. The van der Waals surface area contributed by atoms with Gasteiger partial charge in [0.1, 0.15) is 23.9 Å². The Balaban J connectivity index is 1.76. The number of rotatable bonds is 5. The van der Waals surface area contributed by atoms with Crippen molar-refractivity contribution in [3.8, 4) is 11.3 Å². The molecule has 0 bridgehead atoms. The van der Waals surface area contributed by atoms with Crippen LogP contribution >= 0.6 is 11.8 Å². The molecule has 0 unspecified atom stereocenters. The first-order valence-corrected chi connectivity index (χ1v) is 8.56. The van der Waals surface area contributed by atoms with Crippen LogP contribution in [-0.2, 0) is 14.3 Å². The summed E-state index contributed by atoms with van der Waals surface area (Å²) in [7, 11) is 0. The fourth-order valence-electron chi connectivity index (χ4n) is 2.30. The Morgan fingerprint density at radius 3 is 2.65 bits per heavy atom. The van der Waals surface area contributed by atoms with Gasteiger partial charge in [0.15, 0.2) is 0 Å². The second kappa shape index (κ2) is 7.57. The molecular formula is C18H14FNO5S. The fourth-order valence-corrected chi connectivity index (χ4v) is 3.12. The largest absolute Gasteiger partial charge is 0.465 e. The first kappa shape index (κ1) is 17.9. The number of thioether (sulfide) groups is 1. The molecule has 1 aromatic heterocycles. The molecule has 8 heteroatoms. The average Bonchev–Trinajstić information content (AvgIpc) is 3.17. The summed E-state index contributed by atoms with van der Waals surface area (Å²) < 4.78 is 23.4. The number of furan rings is 1. The van der Waals surface area contributed by atoms with E-state index < -0.39 is 23.7 Å². The average molecular weight is 375 g/mol. The molecule has 2 amide bonds. The summed E-state index contributed by atoms with van der Waals surface area (Å²) >= 11 is 0.725. The number of hydrogen-bond donors (Lipinski definition) is 0. The summed E-state index contributed by atoms with van der Waals surface area (Å²) in [5.41, 5.74) is 0.682. The third kappa shape index (κ3) is 3.85. The second-order valence-electron chi connectivity index (χ2n) is 5.28. The third-order valence-electron chi connectivity index (χ3n) is 3.50. The van der Waals surface area contributed by atoms with Crippen molar-refractivity contribution in [3.05, 3.63) is 52.9 Å². The van der Waals surface area contributed by atoms with Gasteiger partial charge < -0.3 is 9.15 Å². The minimum absolute atomic E-state index is 0.152. The summed E-state index contributed by atoms with van der Waals surface area (Å²) in [6, 6.07) is 9.10. The predicted octanol–water partition coefficient (Wildman–Crippen LogP) is 3.69. The van der Waals surface area contributed by atoms with Crippen molar-refractivity contribution in [2.24, 2.45) is 0 Å². The first-order chi connectivity index (χ1) is 12.5. The number of benzene rings is 1. The molecule has 26 heavy (non-hydrogen) atoms. The van der Waals surface area contributed by atoms with Gasteiger partial charge >= 0.3 is 5.97 Å². The Labute approximate surface area is 152 Å². The van der Waals surface area contributed by atoms with Crippen molar-refractivity contribution in [1.29, 1.82) is 0 Å². The molecule has 1 aliphatic rings. The number of hydrogen-bond acceptors (Lipinski definition) is 6. The minimum atomic E-state index is -0.646. The Bertz CT molecular complexity index is 887. The molecule has 0 saturated carbocycles. The zero-order valence-electron chi connectivity index (χ0n) is 13.7. The molecule has 6 nitrogen and oxygen atoms in total. The summed E-state index contributed by atoms with van der Waals surface area (Å²) in [5.74, 6) is -0.704. The maximum atomic E-state index is 13.0. The third-order valence-corrected chi connectivity index (χ3v) is 4.40. The van der Waals surface area contributed by atoms with E-state index in [9.17, 15) is 18.8 Å². The van der Waals surface area contributed by atoms with Gasteiger partial charge in [0.25, 0.3) is 11.1 Å². The van der Waals surface area contributed by atoms with E-state index in [0.29, 0.717) is 17.1 Å². The fraction of sp³-hybridized carbons (Fsp3) is 0.167.